The molecule has 0 bridgehead atoms. The van der Waals surface area contributed by atoms with Crippen molar-refractivity contribution in [2.24, 2.45) is 0 Å². The van der Waals surface area contributed by atoms with E-state index in [1.54, 1.807) is 0 Å². The number of para-hydroxylation sites is 1. The zero-order chi connectivity index (χ0) is 19.9. The number of pyridine rings is 1. The molecule has 2 nitrogen and oxygen atoms in total. The lowest BCUT2D eigenvalue weighted by Crippen LogP contribution is -1.98. The molecule has 0 atom stereocenters. The van der Waals surface area contributed by atoms with Crippen molar-refractivity contribution in [2.75, 3.05) is 0 Å². The van der Waals surface area contributed by atoms with Crippen LogP contribution in [0.1, 0.15) is 29.7 Å². The van der Waals surface area contributed by atoms with Crippen LogP contribution in [-0.4, -0.2) is 4.98 Å². The van der Waals surface area contributed by atoms with Crippen molar-refractivity contribution in [1.29, 1.82) is 0 Å². The molecule has 0 spiro atoms. The lowest BCUT2D eigenvalue weighted by molar-refractivity contribution is 0.302. The van der Waals surface area contributed by atoms with Crippen molar-refractivity contribution >= 4 is 22.5 Å². The van der Waals surface area contributed by atoms with Gasteiger partial charge in [-0.3, -0.25) is 0 Å². The van der Waals surface area contributed by atoms with E-state index < -0.39 is 0 Å². The topological polar surface area (TPSA) is 22.1 Å². The molecule has 0 unspecified atom stereocenters. The molecule has 0 N–H and O–H groups in total. The van der Waals surface area contributed by atoms with Crippen molar-refractivity contribution < 1.29 is 4.74 Å². The van der Waals surface area contributed by atoms with E-state index in [2.05, 4.69) is 47.8 Å². The molecule has 1 heterocycles. The van der Waals surface area contributed by atoms with Gasteiger partial charge in [-0.15, -0.1) is 0 Å². The highest BCUT2D eigenvalue weighted by molar-refractivity contribution is 6.30. The SMILES string of the molecule is Clc1ccc(CCC[CH]c2ccc(OCc3ccc4ccccc4n3)cc2)cc1. The van der Waals surface area contributed by atoms with Crippen LogP contribution in [0.25, 0.3) is 10.9 Å². The summed E-state index contributed by atoms with van der Waals surface area (Å²) in [6.45, 7) is 0.467. The third-order valence-corrected chi connectivity index (χ3v) is 5.14. The number of fused-ring (bicyclic) bond motifs is 1. The highest BCUT2D eigenvalue weighted by atomic mass is 35.5. The predicted octanol–water partition coefficient (Wildman–Crippen LogP) is 7.04. The maximum Gasteiger partial charge on any atom is 0.130 e. The number of aryl methyl sites for hydroxylation is 1. The first kappa shape index (κ1) is 19.5. The fourth-order valence-corrected chi connectivity index (χ4v) is 3.40. The first-order valence-electron chi connectivity index (χ1n) is 9.91. The van der Waals surface area contributed by atoms with Crippen LogP contribution in [0.4, 0.5) is 0 Å². The Kier molecular flexibility index (Phi) is 6.43. The molecular weight excluding hydrogens is 378 g/mol. The molecule has 1 aromatic heterocycles. The van der Waals surface area contributed by atoms with E-state index in [0.29, 0.717) is 6.61 Å². The Balaban J connectivity index is 1.23. The van der Waals surface area contributed by atoms with Gasteiger partial charge in [0.2, 0.25) is 0 Å². The first-order chi connectivity index (χ1) is 14.3. The fraction of sp³-hybridized carbons (Fsp3) is 0.154. The number of rotatable bonds is 8. The predicted molar refractivity (Wildman–Crippen MR) is 120 cm³/mol. The molecule has 4 rings (SSSR count). The van der Waals surface area contributed by atoms with E-state index in [0.717, 1.165) is 46.6 Å². The summed E-state index contributed by atoms with van der Waals surface area (Å²) in [6, 6.07) is 28.6. The van der Waals surface area contributed by atoms with Gasteiger partial charge in [0.25, 0.3) is 0 Å². The normalized spacial score (nSPS) is 10.9. The molecule has 145 valence electrons. The number of unbranched alkanes of at least 4 members (excludes halogenated alkanes) is 1. The summed E-state index contributed by atoms with van der Waals surface area (Å²) in [5.41, 5.74) is 4.48. The zero-order valence-electron chi connectivity index (χ0n) is 16.2. The van der Waals surface area contributed by atoms with Gasteiger partial charge in [0.05, 0.1) is 11.2 Å². The fourth-order valence-electron chi connectivity index (χ4n) is 3.27. The van der Waals surface area contributed by atoms with Crippen LogP contribution < -0.4 is 4.74 Å². The lowest BCUT2D eigenvalue weighted by Gasteiger charge is -2.08. The number of benzene rings is 3. The smallest absolute Gasteiger partial charge is 0.130 e. The van der Waals surface area contributed by atoms with Crippen LogP contribution in [0.5, 0.6) is 5.75 Å². The van der Waals surface area contributed by atoms with Gasteiger partial charge in [-0.05, 0) is 73.2 Å². The number of hydrogen-bond donors (Lipinski definition) is 0. The molecule has 0 aliphatic heterocycles. The number of aromatic nitrogens is 1. The quantitative estimate of drug-likeness (QED) is 0.296. The maximum atomic E-state index is 5.93. The standard InChI is InChI=1S/C26H23ClNO/c27-23-14-9-20(10-15-23)5-1-2-6-21-11-17-25(18-12-21)29-19-24-16-13-22-7-3-4-8-26(22)28-24/h3-4,6-18H,1-2,5,19H2. The molecule has 0 aliphatic rings. The Labute approximate surface area is 177 Å². The van der Waals surface area contributed by atoms with Gasteiger partial charge in [0.15, 0.2) is 0 Å². The Bertz CT molecular complexity index is 1060. The van der Waals surface area contributed by atoms with Gasteiger partial charge in [0, 0.05) is 10.4 Å². The monoisotopic (exact) mass is 400 g/mol. The van der Waals surface area contributed by atoms with E-state index in [4.69, 9.17) is 16.3 Å². The van der Waals surface area contributed by atoms with Crippen molar-refractivity contribution in [1.82, 2.24) is 4.98 Å². The van der Waals surface area contributed by atoms with Crippen molar-refractivity contribution in [3.8, 4) is 5.75 Å². The van der Waals surface area contributed by atoms with E-state index in [1.165, 1.54) is 11.1 Å². The summed E-state index contributed by atoms with van der Waals surface area (Å²) < 4.78 is 5.90. The summed E-state index contributed by atoms with van der Waals surface area (Å²) in [7, 11) is 0. The minimum Gasteiger partial charge on any atom is -0.487 e. The van der Waals surface area contributed by atoms with Crippen LogP contribution in [0.3, 0.4) is 0 Å². The number of halogens is 1. The van der Waals surface area contributed by atoms with Crippen LogP contribution in [0.2, 0.25) is 5.02 Å². The molecule has 3 aromatic carbocycles. The molecule has 0 fully saturated rings. The second-order valence-corrected chi connectivity index (χ2v) is 7.51. The van der Waals surface area contributed by atoms with Gasteiger partial charge < -0.3 is 4.74 Å². The van der Waals surface area contributed by atoms with E-state index >= 15 is 0 Å². The summed E-state index contributed by atoms with van der Waals surface area (Å²) in [5.74, 6) is 0.860. The van der Waals surface area contributed by atoms with Crippen LogP contribution in [-0.2, 0) is 13.0 Å². The van der Waals surface area contributed by atoms with Crippen molar-refractivity contribution in [2.45, 2.75) is 25.9 Å². The van der Waals surface area contributed by atoms with Gasteiger partial charge in [-0.25, -0.2) is 4.98 Å². The van der Waals surface area contributed by atoms with Crippen molar-refractivity contribution in [3.63, 3.8) is 0 Å². The van der Waals surface area contributed by atoms with E-state index in [1.807, 2.05) is 48.5 Å². The largest absolute Gasteiger partial charge is 0.487 e. The molecule has 29 heavy (non-hydrogen) atoms. The number of nitrogens with zero attached hydrogens (tertiary/aromatic N) is 1. The minimum absolute atomic E-state index is 0.467. The lowest BCUT2D eigenvalue weighted by atomic mass is 10.0. The Morgan fingerprint density at radius 3 is 2.45 bits per heavy atom. The van der Waals surface area contributed by atoms with Gasteiger partial charge >= 0.3 is 0 Å². The van der Waals surface area contributed by atoms with Crippen LogP contribution in [0.15, 0.2) is 84.9 Å². The molecule has 0 saturated heterocycles. The van der Waals surface area contributed by atoms with Gasteiger partial charge in [-0.1, -0.05) is 60.1 Å². The Morgan fingerprint density at radius 1 is 0.828 bits per heavy atom. The number of ether oxygens (including phenoxy) is 1. The number of hydrogen-bond acceptors (Lipinski definition) is 2. The zero-order valence-corrected chi connectivity index (χ0v) is 17.0. The average molecular weight is 401 g/mol. The highest BCUT2D eigenvalue weighted by Crippen LogP contribution is 2.18. The molecule has 0 aliphatic carbocycles. The Morgan fingerprint density at radius 2 is 1.62 bits per heavy atom. The summed E-state index contributed by atoms with van der Waals surface area (Å²) in [5, 5.41) is 1.94. The first-order valence-corrected chi connectivity index (χ1v) is 10.3. The third kappa shape index (κ3) is 5.58. The molecule has 3 heteroatoms. The van der Waals surface area contributed by atoms with Crippen molar-refractivity contribution in [3.05, 3.63) is 113 Å². The second kappa shape index (κ2) is 9.58. The molecule has 4 aromatic rings. The van der Waals surface area contributed by atoms with Crippen LogP contribution >= 0.6 is 11.6 Å². The second-order valence-electron chi connectivity index (χ2n) is 7.08. The third-order valence-electron chi connectivity index (χ3n) is 4.89. The molecule has 0 amide bonds. The van der Waals surface area contributed by atoms with Gasteiger partial charge in [0.1, 0.15) is 12.4 Å². The van der Waals surface area contributed by atoms with Crippen LogP contribution in [0, 0.1) is 6.42 Å². The molecule has 1 radical (unpaired) electrons. The average Bonchev–Trinajstić information content (AvgIpc) is 2.77. The minimum atomic E-state index is 0.467. The van der Waals surface area contributed by atoms with Gasteiger partial charge in [-0.2, -0.15) is 0 Å². The summed E-state index contributed by atoms with van der Waals surface area (Å²) >= 11 is 5.93. The molecule has 0 saturated carbocycles. The molecular formula is C26H23ClNO. The van der Waals surface area contributed by atoms with E-state index in [-0.39, 0.29) is 0 Å². The maximum absolute atomic E-state index is 5.93. The summed E-state index contributed by atoms with van der Waals surface area (Å²) in [4.78, 5) is 4.65. The Hall–Kier alpha value is -2.84. The summed E-state index contributed by atoms with van der Waals surface area (Å²) in [6.07, 6.45) is 5.50. The van der Waals surface area contributed by atoms with E-state index in [9.17, 15) is 0 Å². The highest BCUT2D eigenvalue weighted by Gasteiger charge is 2.01.